The molecule has 0 atom stereocenters. The number of hydrogen-bond donors (Lipinski definition) is 1. The van der Waals surface area contributed by atoms with Crippen molar-refractivity contribution in [3.05, 3.63) is 27.4 Å². The van der Waals surface area contributed by atoms with E-state index < -0.39 is 10.9 Å². The molecule has 0 aliphatic heterocycles. The molecule has 8 heteroatoms. The van der Waals surface area contributed by atoms with E-state index in [0.717, 1.165) is 12.3 Å². The van der Waals surface area contributed by atoms with E-state index in [1.165, 1.54) is 4.90 Å². The van der Waals surface area contributed by atoms with Gasteiger partial charge >= 0.3 is 5.97 Å². The highest BCUT2D eigenvalue weighted by molar-refractivity contribution is 6.33. The average molecular weight is 274 g/mol. The Morgan fingerprint density at radius 3 is 2.67 bits per heavy atom. The van der Waals surface area contributed by atoms with Crippen LogP contribution in [0.5, 0.6) is 0 Å². The quantitative estimate of drug-likeness (QED) is 0.650. The van der Waals surface area contributed by atoms with Crippen LogP contribution in [0.1, 0.15) is 13.8 Å². The third-order valence-corrected chi connectivity index (χ3v) is 2.50. The molecule has 0 bridgehead atoms. The van der Waals surface area contributed by atoms with Gasteiger partial charge in [0.15, 0.2) is 0 Å². The van der Waals surface area contributed by atoms with E-state index in [9.17, 15) is 14.9 Å². The van der Waals surface area contributed by atoms with Crippen molar-refractivity contribution >= 4 is 29.1 Å². The Bertz CT molecular complexity index is 478. The molecule has 0 amide bonds. The van der Waals surface area contributed by atoms with Crippen LogP contribution in [0.25, 0.3) is 0 Å². The van der Waals surface area contributed by atoms with Crippen molar-refractivity contribution in [2.75, 3.05) is 11.4 Å². The highest BCUT2D eigenvalue weighted by Gasteiger charge is 2.20. The highest BCUT2D eigenvalue weighted by Crippen LogP contribution is 2.28. The molecule has 0 saturated heterocycles. The molecule has 0 saturated carbocycles. The molecule has 1 N–H and O–H groups in total. The largest absolute Gasteiger partial charge is 0.480 e. The van der Waals surface area contributed by atoms with Crippen molar-refractivity contribution in [3.63, 3.8) is 0 Å². The van der Waals surface area contributed by atoms with Gasteiger partial charge in [-0.1, -0.05) is 11.6 Å². The smallest absolute Gasteiger partial charge is 0.323 e. The van der Waals surface area contributed by atoms with Crippen LogP contribution in [0.15, 0.2) is 12.3 Å². The van der Waals surface area contributed by atoms with E-state index in [-0.39, 0.29) is 29.1 Å². The van der Waals surface area contributed by atoms with Gasteiger partial charge in [-0.25, -0.2) is 4.98 Å². The number of aliphatic carboxylic acids is 1. The van der Waals surface area contributed by atoms with Gasteiger partial charge in [0.25, 0.3) is 5.69 Å². The van der Waals surface area contributed by atoms with Crippen LogP contribution in [0.3, 0.4) is 0 Å². The summed E-state index contributed by atoms with van der Waals surface area (Å²) in [5.74, 6) is -0.806. The number of carbonyl (C=O) groups is 1. The number of rotatable bonds is 5. The maximum Gasteiger partial charge on any atom is 0.323 e. The second-order valence-electron chi connectivity index (χ2n) is 3.87. The van der Waals surface area contributed by atoms with Crippen LogP contribution in [0.2, 0.25) is 5.02 Å². The van der Waals surface area contributed by atoms with E-state index >= 15 is 0 Å². The van der Waals surface area contributed by atoms with Gasteiger partial charge in [0, 0.05) is 12.1 Å². The summed E-state index contributed by atoms with van der Waals surface area (Å²) in [7, 11) is 0. The fraction of sp³-hybridized carbons (Fsp3) is 0.400. The minimum Gasteiger partial charge on any atom is -0.480 e. The monoisotopic (exact) mass is 273 g/mol. The molecule has 1 rings (SSSR count). The first-order valence-electron chi connectivity index (χ1n) is 5.11. The van der Waals surface area contributed by atoms with Gasteiger partial charge in [-0.2, -0.15) is 0 Å². The summed E-state index contributed by atoms with van der Waals surface area (Å²) in [6, 6.07) is 1.01. The second-order valence-corrected chi connectivity index (χ2v) is 4.28. The molecule has 0 aliphatic carbocycles. The first kappa shape index (κ1) is 14.2. The normalized spacial score (nSPS) is 10.4. The van der Waals surface area contributed by atoms with Crippen molar-refractivity contribution < 1.29 is 14.8 Å². The third kappa shape index (κ3) is 3.30. The fourth-order valence-corrected chi connectivity index (χ4v) is 1.65. The summed E-state index contributed by atoms with van der Waals surface area (Å²) in [5.41, 5.74) is -0.234. The molecule has 0 spiro atoms. The standard InChI is InChI=1S/C10H12ClN3O4/c1-6(2)13(5-9(15)16)10-8(11)3-7(4-12-10)14(17)18/h3-4,6H,5H2,1-2H3,(H,15,16). The molecule has 0 aliphatic rings. The Balaban J connectivity index is 3.13. The van der Waals surface area contributed by atoms with Crippen molar-refractivity contribution in [3.8, 4) is 0 Å². The number of carboxylic acids is 1. The van der Waals surface area contributed by atoms with Gasteiger partial charge in [0.05, 0.1) is 9.95 Å². The lowest BCUT2D eigenvalue weighted by Gasteiger charge is -2.26. The van der Waals surface area contributed by atoms with Crippen LogP contribution < -0.4 is 4.90 Å². The molecular weight excluding hydrogens is 262 g/mol. The van der Waals surface area contributed by atoms with Crippen LogP contribution in [-0.4, -0.2) is 33.6 Å². The van der Waals surface area contributed by atoms with Crippen LogP contribution >= 0.6 is 11.6 Å². The zero-order valence-electron chi connectivity index (χ0n) is 9.83. The Kier molecular flexibility index (Phi) is 4.43. The summed E-state index contributed by atoms with van der Waals surface area (Å²) in [5, 5.41) is 19.4. The first-order chi connectivity index (χ1) is 8.32. The zero-order chi connectivity index (χ0) is 13.9. The number of pyridine rings is 1. The van der Waals surface area contributed by atoms with Crippen LogP contribution in [0.4, 0.5) is 11.5 Å². The van der Waals surface area contributed by atoms with Gasteiger partial charge < -0.3 is 10.0 Å². The number of halogens is 1. The lowest BCUT2D eigenvalue weighted by Crippen LogP contribution is -2.36. The molecule has 0 radical (unpaired) electrons. The van der Waals surface area contributed by atoms with E-state index in [1.807, 2.05) is 0 Å². The molecular formula is C10H12ClN3O4. The SMILES string of the molecule is CC(C)N(CC(=O)O)c1ncc([N+](=O)[O-])cc1Cl. The Morgan fingerprint density at radius 2 is 2.28 bits per heavy atom. The van der Waals surface area contributed by atoms with Crippen molar-refractivity contribution in [1.29, 1.82) is 0 Å². The predicted molar refractivity (Wildman–Crippen MR) is 66.0 cm³/mol. The predicted octanol–water partition coefficient (Wildman–Crippen LogP) is 1.94. The third-order valence-electron chi connectivity index (χ3n) is 2.22. The van der Waals surface area contributed by atoms with Crippen LogP contribution in [0, 0.1) is 10.1 Å². The topological polar surface area (TPSA) is 96.6 Å². The molecule has 1 aromatic heterocycles. The Morgan fingerprint density at radius 1 is 1.67 bits per heavy atom. The van der Waals surface area contributed by atoms with Gasteiger partial charge in [0.1, 0.15) is 18.6 Å². The zero-order valence-corrected chi connectivity index (χ0v) is 10.6. The number of hydrogen-bond acceptors (Lipinski definition) is 5. The van der Waals surface area contributed by atoms with Crippen molar-refractivity contribution in [1.82, 2.24) is 4.98 Å². The molecule has 7 nitrogen and oxygen atoms in total. The summed E-state index contributed by atoms with van der Waals surface area (Å²) >= 11 is 5.89. The highest BCUT2D eigenvalue weighted by atomic mass is 35.5. The minimum absolute atomic E-state index is 0.0548. The first-order valence-corrected chi connectivity index (χ1v) is 5.49. The summed E-state index contributed by atoms with van der Waals surface area (Å²) < 4.78 is 0. The number of aromatic nitrogens is 1. The number of nitrogens with zero attached hydrogens (tertiary/aromatic N) is 3. The molecule has 0 fully saturated rings. The van der Waals surface area contributed by atoms with Gasteiger partial charge in [-0.15, -0.1) is 0 Å². The maximum atomic E-state index is 10.8. The van der Waals surface area contributed by atoms with Crippen molar-refractivity contribution in [2.24, 2.45) is 0 Å². The summed E-state index contributed by atoms with van der Waals surface area (Å²) in [6.07, 6.45) is 1.05. The molecule has 0 aromatic carbocycles. The Labute approximate surface area is 108 Å². The van der Waals surface area contributed by atoms with Gasteiger partial charge in [-0.05, 0) is 13.8 Å². The van der Waals surface area contributed by atoms with Gasteiger partial charge in [-0.3, -0.25) is 14.9 Å². The number of carboxylic acid groups (broad SMARTS) is 1. The molecule has 98 valence electrons. The number of nitro groups is 1. The fourth-order valence-electron chi connectivity index (χ4n) is 1.38. The second kappa shape index (κ2) is 5.63. The van der Waals surface area contributed by atoms with E-state index in [0.29, 0.717) is 0 Å². The molecule has 0 unspecified atom stereocenters. The van der Waals surface area contributed by atoms with Gasteiger partial charge in [0.2, 0.25) is 0 Å². The average Bonchev–Trinajstić information content (AvgIpc) is 2.25. The lowest BCUT2D eigenvalue weighted by atomic mass is 10.3. The molecule has 18 heavy (non-hydrogen) atoms. The minimum atomic E-state index is -1.03. The van der Waals surface area contributed by atoms with E-state index in [4.69, 9.17) is 16.7 Å². The molecule has 1 heterocycles. The number of anilines is 1. The molecule has 1 aromatic rings. The van der Waals surface area contributed by atoms with Crippen molar-refractivity contribution in [2.45, 2.75) is 19.9 Å². The maximum absolute atomic E-state index is 10.8. The Hall–Kier alpha value is -1.89. The lowest BCUT2D eigenvalue weighted by molar-refractivity contribution is -0.385. The van der Waals surface area contributed by atoms with E-state index in [1.54, 1.807) is 13.8 Å². The van der Waals surface area contributed by atoms with Crippen LogP contribution in [-0.2, 0) is 4.79 Å². The summed E-state index contributed by atoms with van der Waals surface area (Å²) in [6.45, 7) is 3.28. The van der Waals surface area contributed by atoms with E-state index in [2.05, 4.69) is 4.98 Å². The summed E-state index contributed by atoms with van der Waals surface area (Å²) in [4.78, 5) is 26.0.